The highest BCUT2D eigenvalue weighted by Crippen LogP contribution is 2.42. The third-order valence-corrected chi connectivity index (χ3v) is 5.21. The molecule has 0 radical (unpaired) electrons. The Morgan fingerprint density at radius 1 is 1.11 bits per heavy atom. The fraction of sp³-hybridized carbons (Fsp3) is 0.476. The summed E-state index contributed by atoms with van der Waals surface area (Å²) in [5.74, 6) is -4.29. The Kier molecular flexibility index (Phi) is 9.69. The SMILES string of the molecule is O=C(O)C(F)(F)F.O=C(O)C(F)(F)F.c1ccc(OC[C@]23COC[C@H]2CN(Cc2ccoc2)C3)nc1. The molecule has 2 aromatic heterocycles. The summed E-state index contributed by atoms with van der Waals surface area (Å²) in [6, 6.07) is 7.78. The number of aliphatic carboxylic acids is 2. The molecule has 0 amide bonds. The van der Waals surface area contributed by atoms with Gasteiger partial charge in [0.2, 0.25) is 5.88 Å². The molecule has 2 fully saturated rings. The molecular formula is C21H22F6N2O7. The molecule has 36 heavy (non-hydrogen) atoms. The predicted octanol–water partition coefficient (Wildman–Crippen LogP) is 3.47. The summed E-state index contributed by atoms with van der Waals surface area (Å²) in [4.78, 5) is 24.5. The van der Waals surface area contributed by atoms with Gasteiger partial charge in [-0.15, -0.1) is 0 Å². The Morgan fingerprint density at radius 3 is 2.25 bits per heavy atom. The number of carbonyl (C=O) groups is 2. The minimum atomic E-state index is -5.08. The number of rotatable bonds is 5. The number of carboxylic acids is 2. The van der Waals surface area contributed by atoms with Crippen molar-refractivity contribution in [1.29, 1.82) is 0 Å². The molecule has 15 heteroatoms. The highest BCUT2D eigenvalue weighted by molar-refractivity contribution is 5.73. The van der Waals surface area contributed by atoms with Crippen molar-refractivity contribution < 1.29 is 60.0 Å². The van der Waals surface area contributed by atoms with Crippen LogP contribution >= 0.6 is 0 Å². The van der Waals surface area contributed by atoms with E-state index in [9.17, 15) is 26.3 Å². The van der Waals surface area contributed by atoms with Crippen molar-refractivity contribution in [2.75, 3.05) is 32.9 Å². The summed E-state index contributed by atoms with van der Waals surface area (Å²) >= 11 is 0. The zero-order valence-electron chi connectivity index (χ0n) is 18.5. The quantitative estimate of drug-likeness (QED) is 0.562. The lowest BCUT2D eigenvalue weighted by molar-refractivity contribution is -0.193. The fourth-order valence-corrected chi connectivity index (χ4v) is 3.56. The maximum absolute atomic E-state index is 10.6. The van der Waals surface area contributed by atoms with E-state index in [2.05, 4.69) is 9.88 Å². The van der Waals surface area contributed by atoms with Gasteiger partial charge >= 0.3 is 24.3 Å². The first-order valence-electron chi connectivity index (χ1n) is 10.2. The van der Waals surface area contributed by atoms with Crippen LogP contribution < -0.4 is 4.74 Å². The van der Waals surface area contributed by atoms with Crippen molar-refractivity contribution in [3.05, 3.63) is 48.6 Å². The number of fused-ring (bicyclic) bond motifs is 1. The first-order chi connectivity index (χ1) is 16.7. The smallest absolute Gasteiger partial charge is 0.477 e. The van der Waals surface area contributed by atoms with E-state index in [1.165, 1.54) is 5.56 Å². The maximum atomic E-state index is 10.6. The average molecular weight is 528 g/mol. The van der Waals surface area contributed by atoms with Gasteiger partial charge in [0.15, 0.2) is 0 Å². The van der Waals surface area contributed by atoms with E-state index in [1.54, 1.807) is 12.5 Å². The van der Waals surface area contributed by atoms with E-state index >= 15 is 0 Å². The fourth-order valence-electron chi connectivity index (χ4n) is 3.56. The lowest BCUT2D eigenvalue weighted by Crippen LogP contribution is -2.37. The first-order valence-corrected chi connectivity index (χ1v) is 10.2. The predicted molar refractivity (Wildman–Crippen MR) is 108 cm³/mol. The number of hydrogen-bond acceptors (Lipinski definition) is 7. The molecule has 2 aliphatic heterocycles. The highest BCUT2D eigenvalue weighted by Gasteiger charge is 2.51. The van der Waals surface area contributed by atoms with Gasteiger partial charge < -0.3 is 24.1 Å². The number of likely N-dealkylation sites (tertiary alicyclic amines) is 1. The van der Waals surface area contributed by atoms with Gasteiger partial charge in [-0.25, -0.2) is 14.6 Å². The van der Waals surface area contributed by atoms with E-state index < -0.39 is 24.3 Å². The lowest BCUT2D eigenvalue weighted by Gasteiger charge is -2.26. The first kappa shape index (κ1) is 28.9. The third-order valence-electron chi connectivity index (χ3n) is 5.21. The Balaban J connectivity index is 0.000000271. The molecule has 4 heterocycles. The molecular weight excluding hydrogens is 506 g/mol. The van der Waals surface area contributed by atoms with Crippen molar-refractivity contribution in [2.45, 2.75) is 18.9 Å². The summed E-state index contributed by atoms with van der Waals surface area (Å²) in [7, 11) is 0. The molecule has 0 spiro atoms. The Morgan fingerprint density at radius 2 is 1.75 bits per heavy atom. The zero-order chi connectivity index (χ0) is 27.0. The van der Waals surface area contributed by atoms with Crippen LogP contribution in [0.3, 0.4) is 0 Å². The molecule has 0 saturated carbocycles. The summed E-state index contributed by atoms with van der Waals surface area (Å²) < 4.78 is 80.3. The number of nitrogens with zero attached hydrogens (tertiary/aromatic N) is 2. The van der Waals surface area contributed by atoms with Gasteiger partial charge in [0.05, 0.1) is 32.3 Å². The lowest BCUT2D eigenvalue weighted by atomic mass is 9.82. The number of furan rings is 1. The van der Waals surface area contributed by atoms with E-state index in [0.29, 0.717) is 18.4 Å². The molecule has 2 aliphatic rings. The number of hydrogen-bond donors (Lipinski definition) is 2. The topological polar surface area (TPSA) is 122 Å². The Labute approximate surface area is 200 Å². The minimum Gasteiger partial charge on any atom is -0.477 e. The Bertz CT molecular complexity index is 945. The summed E-state index contributed by atoms with van der Waals surface area (Å²) in [6.07, 6.45) is -4.85. The summed E-state index contributed by atoms with van der Waals surface area (Å²) in [6.45, 7) is 5.24. The number of ether oxygens (including phenoxy) is 2. The zero-order valence-corrected chi connectivity index (χ0v) is 18.5. The van der Waals surface area contributed by atoms with Crippen LogP contribution in [-0.4, -0.2) is 77.3 Å². The van der Waals surface area contributed by atoms with Gasteiger partial charge in [0.25, 0.3) is 0 Å². The molecule has 0 bridgehead atoms. The number of halogens is 6. The van der Waals surface area contributed by atoms with Gasteiger partial charge in [-0.1, -0.05) is 6.07 Å². The van der Waals surface area contributed by atoms with Crippen molar-refractivity contribution in [3.8, 4) is 5.88 Å². The molecule has 2 saturated heterocycles. The largest absolute Gasteiger partial charge is 0.490 e. The molecule has 0 aliphatic carbocycles. The van der Waals surface area contributed by atoms with Crippen molar-refractivity contribution in [1.82, 2.24) is 9.88 Å². The molecule has 0 unspecified atom stereocenters. The van der Waals surface area contributed by atoms with E-state index in [4.69, 9.17) is 33.7 Å². The number of carboxylic acid groups (broad SMARTS) is 2. The van der Waals surface area contributed by atoms with Gasteiger partial charge in [0.1, 0.15) is 0 Å². The Hall–Kier alpha value is -3.33. The van der Waals surface area contributed by atoms with Crippen LogP contribution in [-0.2, 0) is 20.9 Å². The summed E-state index contributed by atoms with van der Waals surface area (Å²) in [5, 5.41) is 14.2. The van der Waals surface area contributed by atoms with Gasteiger partial charge in [-0.3, -0.25) is 4.90 Å². The average Bonchev–Trinajstić information content (AvgIpc) is 3.49. The van der Waals surface area contributed by atoms with Gasteiger partial charge in [0, 0.05) is 48.8 Å². The normalized spacial score (nSPS) is 21.4. The molecule has 4 rings (SSSR count). The molecule has 200 valence electrons. The van der Waals surface area contributed by atoms with Crippen molar-refractivity contribution in [3.63, 3.8) is 0 Å². The molecule has 9 nitrogen and oxygen atoms in total. The third kappa shape index (κ3) is 8.71. The summed E-state index contributed by atoms with van der Waals surface area (Å²) in [5.41, 5.74) is 1.31. The second kappa shape index (κ2) is 12.1. The highest BCUT2D eigenvalue weighted by atomic mass is 19.4. The molecule has 2 aromatic rings. The van der Waals surface area contributed by atoms with Crippen molar-refractivity contribution in [2.24, 2.45) is 11.3 Å². The van der Waals surface area contributed by atoms with Crippen LogP contribution in [0.25, 0.3) is 0 Å². The van der Waals surface area contributed by atoms with E-state index in [1.807, 2.05) is 30.5 Å². The van der Waals surface area contributed by atoms with Gasteiger partial charge in [-0.05, 0) is 12.1 Å². The standard InChI is InChI=1S/C17H20N2O3.2C2HF3O2/c1-2-5-18-16(3-1)22-13-17-11-19(7-14-4-6-20-9-14)8-15(17)10-21-12-17;2*3-2(4,5)1(6)7/h1-6,9,15H,7-8,10-13H2;2*(H,6,7)/t15-,17+;;/m1../s1. The van der Waals surface area contributed by atoms with Crippen LogP contribution in [0.15, 0.2) is 47.4 Å². The van der Waals surface area contributed by atoms with E-state index in [0.717, 1.165) is 32.8 Å². The van der Waals surface area contributed by atoms with Crippen LogP contribution in [0, 0.1) is 11.3 Å². The number of pyridine rings is 1. The number of alkyl halides is 6. The molecule has 2 N–H and O–H groups in total. The van der Waals surface area contributed by atoms with Crippen LogP contribution in [0.4, 0.5) is 26.3 Å². The van der Waals surface area contributed by atoms with Crippen molar-refractivity contribution >= 4 is 11.9 Å². The number of aromatic nitrogens is 1. The van der Waals surface area contributed by atoms with Crippen LogP contribution in [0.1, 0.15) is 5.56 Å². The molecule has 0 aromatic carbocycles. The van der Waals surface area contributed by atoms with Crippen LogP contribution in [0.5, 0.6) is 5.88 Å². The second-order valence-corrected chi connectivity index (χ2v) is 7.94. The van der Waals surface area contributed by atoms with Gasteiger partial charge in [-0.2, -0.15) is 26.3 Å². The monoisotopic (exact) mass is 528 g/mol. The molecule has 2 atom stereocenters. The second-order valence-electron chi connectivity index (χ2n) is 7.94. The minimum absolute atomic E-state index is 0.0846. The van der Waals surface area contributed by atoms with E-state index in [-0.39, 0.29) is 5.41 Å². The maximum Gasteiger partial charge on any atom is 0.490 e. The van der Waals surface area contributed by atoms with Crippen LogP contribution in [0.2, 0.25) is 0 Å².